The predicted octanol–water partition coefficient (Wildman–Crippen LogP) is 11.8. The molecule has 0 saturated heterocycles. The summed E-state index contributed by atoms with van der Waals surface area (Å²) >= 11 is 0. The van der Waals surface area contributed by atoms with E-state index in [4.69, 9.17) is 14.2 Å². The lowest BCUT2D eigenvalue weighted by Crippen LogP contribution is -2.15. The van der Waals surface area contributed by atoms with Crippen LogP contribution in [-0.4, -0.2) is 19.2 Å². The lowest BCUT2D eigenvalue weighted by molar-refractivity contribution is 0.0734. The number of unbranched alkanes of at least 4 members (excludes halogenated alkanes) is 11. The van der Waals surface area contributed by atoms with Crippen molar-refractivity contribution < 1.29 is 19.0 Å². The molecule has 0 heterocycles. The second kappa shape index (κ2) is 22.1. The second-order valence-electron chi connectivity index (χ2n) is 12.8. The van der Waals surface area contributed by atoms with Gasteiger partial charge in [0.2, 0.25) is 0 Å². The zero-order valence-corrected chi connectivity index (χ0v) is 27.5. The fourth-order valence-electron chi connectivity index (χ4n) is 6.29. The van der Waals surface area contributed by atoms with Crippen molar-refractivity contribution in [1.29, 1.82) is 0 Å². The van der Waals surface area contributed by atoms with Crippen LogP contribution in [0.15, 0.2) is 48.5 Å². The molecule has 4 heteroatoms. The average Bonchev–Trinajstić information content (AvgIpc) is 3.04. The molecule has 1 aliphatic carbocycles. The number of ether oxygens (including phenoxy) is 3. The molecule has 4 nitrogen and oxygen atoms in total. The lowest BCUT2D eigenvalue weighted by atomic mass is 9.78. The standard InChI is InChI=1S/C39H60O4/c1-3-5-7-8-9-10-11-12-13-15-31-41-36-25-23-35(24-26-36)39(40)43-38-29-27-37(28-30-38)42-32-16-18-34-21-19-33(20-22-34)17-14-6-4-2/h23-30,33-34H,3-22,31-32H2,1-2H3/t33-,34-. The minimum atomic E-state index is -0.366. The number of esters is 1. The van der Waals surface area contributed by atoms with Crippen LogP contribution < -0.4 is 14.2 Å². The summed E-state index contributed by atoms with van der Waals surface area (Å²) in [6.45, 7) is 6.01. The number of benzene rings is 2. The third-order valence-corrected chi connectivity index (χ3v) is 9.10. The summed E-state index contributed by atoms with van der Waals surface area (Å²) in [6, 6.07) is 14.6. The first-order valence-electron chi connectivity index (χ1n) is 17.9. The van der Waals surface area contributed by atoms with Crippen molar-refractivity contribution in [3.63, 3.8) is 0 Å². The molecule has 3 rings (SSSR count). The third-order valence-electron chi connectivity index (χ3n) is 9.10. The first kappa shape index (κ1) is 35.0. The Morgan fingerprint density at radius 2 is 0.953 bits per heavy atom. The molecule has 0 unspecified atom stereocenters. The molecule has 240 valence electrons. The molecule has 0 atom stereocenters. The second-order valence-corrected chi connectivity index (χ2v) is 12.8. The maximum absolute atomic E-state index is 12.6. The number of rotatable bonds is 23. The molecule has 43 heavy (non-hydrogen) atoms. The topological polar surface area (TPSA) is 44.8 Å². The summed E-state index contributed by atoms with van der Waals surface area (Å²) in [5.41, 5.74) is 0.515. The van der Waals surface area contributed by atoms with Gasteiger partial charge in [0.15, 0.2) is 0 Å². The largest absolute Gasteiger partial charge is 0.494 e. The Labute approximate surface area is 263 Å². The molecule has 0 radical (unpaired) electrons. The maximum Gasteiger partial charge on any atom is 0.343 e. The number of hydrogen-bond donors (Lipinski definition) is 0. The maximum atomic E-state index is 12.6. The van der Waals surface area contributed by atoms with E-state index in [1.54, 1.807) is 24.3 Å². The molecule has 1 aliphatic rings. The van der Waals surface area contributed by atoms with E-state index in [1.807, 2.05) is 24.3 Å². The van der Waals surface area contributed by atoms with Crippen molar-refractivity contribution in [2.24, 2.45) is 11.8 Å². The zero-order chi connectivity index (χ0) is 30.4. The fourth-order valence-corrected chi connectivity index (χ4v) is 6.29. The van der Waals surface area contributed by atoms with Crippen molar-refractivity contribution in [3.8, 4) is 17.2 Å². The van der Waals surface area contributed by atoms with Gasteiger partial charge in [-0.25, -0.2) is 4.79 Å². The van der Waals surface area contributed by atoms with Crippen molar-refractivity contribution in [3.05, 3.63) is 54.1 Å². The molecule has 1 saturated carbocycles. The monoisotopic (exact) mass is 592 g/mol. The minimum Gasteiger partial charge on any atom is -0.494 e. The van der Waals surface area contributed by atoms with Gasteiger partial charge in [0, 0.05) is 0 Å². The van der Waals surface area contributed by atoms with E-state index in [2.05, 4.69) is 13.8 Å². The van der Waals surface area contributed by atoms with Gasteiger partial charge in [0.25, 0.3) is 0 Å². The van der Waals surface area contributed by atoms with Gasteiger partial charge in [-0.2, -0.15) is 0 Å². The Bertz CT molecular complexity index is 960. The smallest absolute Gasteiger partial charge is 0.343 e. The first-order valence-corrected chi connectivity index (χ1v) is 17.9. The highest BCUT2D eigenvalue weighted by atomic mass is 16.5. The van der Waals surface area contributed by atoms with E-state index in [0.717, 1.165) is 49.4 Å². The van der Waals surface area contributed by atoms with Crippen LogP contribution in [0.3, 0.4) is 0 Å². The number of hydrogen-bond acceptors (Lipinski definition) is 4. The summed E-state index contributed by atoms with van der Waals surface area (Å²) in [5, 5.41) is 0. The molecular weight excluding hydrogens is 532 g/mol. The van der Waals surface area contributed by atoms with Crippen LogP contribution in [0.25, 0.3) is 0 Å². The molecule has 0 N–H and O–H groups in total. The van der Waals surface area contributed by atoms with Gasteiger partial charge in [-0.1, -0.05) is 123 Å². The van der Waals surface area contributed by atoms with Crippen LogP contribution in [0.4, 0.5) is 0 Å². The molecule has 0 aromatic heterocycles. The average molecular weight is 593 g/mol. The molecule has 1 fully saturated rings. The number of carbonyl (C=O) groups excluding carboxylic acids is 1. The lowest BCUT2D eigenvalue weighted by Gasteiger charge is -2.28. The van der Waals surface area contributed by atoms with E-state index in [1.165, 1.54) is 116 Å². The van der Waals surface area contributed by atoms with Crippen LogP contribution in [0.1, 0.15) is 153 Å². The van der Waals surface area contributed by atoms with E-state index < -0.39 is 0 Å². The zero-order valence-electron chi connectivity index (χ0n) is 27.5. The van der Waals surface area contributed by atoms with Crippen LogP contribution in [-0.2, 0) is 0 Å². The van der Waals surface area contributed by atoms with Gasteiger partial charge in [0.1, 0.15) is 17.2 Å². The van der Waals surface area contributed by atoms with Gasteiger partial charge >= 0.3 is 5.97 Å². The van der Waals surface area contributed by atoms with E-state index in [0.29, 0.717) is 11.3 Å². The SMILES string of the molecule is CCCCCCCCCCCCOc1ccc(C(=O)Oc2ccc(OCCC[C@H]3CC[C@H](CCCCC)CC3)cc2)cc1. The normalized spacial score (nSPS) is 16.6. The van der Waals surface area contributed by atoms with Gasteiger partial charge < -0.3 is 14.2 Å². The van der Waals surface area contributed by atoms with Gasteiger partial charge in [-0.05, 0) is 79.6 Å². The van der Waals surface area contributed by atoms with Crippen molar-refractivity contribution in [2.45, 2.75) is 142 Å². The van der Waals surface area contributed by atoms with Crippen LogP contribution in [0, 0.1) is 11.8 Å². The van der Waals surface area contributed by atoms with Crippen molar-refractivity contribution >= 4 is 5.97 Å². The van der Waals surface area contributed by atoms with Crippen molar-refractivity contribution in [1.82, 2.24) is 0 Å². The summed E-state index contributed by atoms with van der Waals surface area (Å²) in [5.74, 6) is 3.62. The van der Waals surface area contributed by atoms with Gasteiger partial charge in [-0.15, -0.1) is 0 Å². The summed E-state index contributed by atoms with van der Waals surface area (Å²) in [6.07, 6.45) is 26.7. The highest BCUT2D eigenvalue weighted by Gasteiger charge is 2.20. The molecule has 0 bridgehead atoms. The first-order chi connectivity index (χ1) is 21.2. The van der Waals surface area contributed by atoms with Crippen LogP contribution >= 0.6 is 0 Å². The Morgan fingerprint density at radius 1 is 0.535 bits per heavy atom. The van der Waals surface area contributed by atoms with E-state index in [9.17, 15) is 4.79 Å². The highest BCUT2D eigenvalue weighted by Crippen LogP contribution is 2.34. The van der Waals surface area contributed by atoms with E-state index >= 15 is 0 Å². The summed E-state index contributed by atoms with van der Waals surface area (Å²) in [7, 11) is 0. The molecule has 0 aliphatic heterocycles. The molecule has 2 aromatic rings. The third kappa shape index (κ3) is 15.2. The Kier molecular flexibility index (Phi) is 18.0. The molecule has 2 aromatic carbocycles. The summed E-state index contributed by atoms with van der Waals surface area (Å²) < 4.78 is 17.4. The Balaban J connectivity index is 1.23. The van der Waals surface area contributed by atoms with Crippen LogP contribution in [0.2, 0.25) is 0 Å². The van der Waals surface area contributed by atoms with Gasteiger partial charge in [0.05, 0.1) is 18.8 Å². The van der Waals surface area contributed by atoms with E-state index in [-0.39, 0.29) is 5.97 Å². The van der Waals surface area contributed by atoms with Crippen molar-refractivity contribution in [2.75, 3.05) is 13.2 Å². The Hall–Kier alpha value is -2.49. The quantitative estimate of drug-likeness (QED) is 0.0731. The van der Waals surface area contributed by atoms with Crippen LogP contribution in [0.5, 0.6) is 17.2 Å². The molecule has 0 spiro atoms. The van der Waals surface area contributed by atoms with Gasteiger partial charge in [-0.3, -0.25) is 0 Å². The minimum absolute atomic E-state index is 0.366. The predicted molar refractivity (Wildman–Crippen MR) is 180 cm³/mol. The highest BCUT2D eigenvalue weighted by molar-refractivity contribution is 5.91. The fraction of sp³-hybridized carbons (Fsp3) is 0.667. The molecule has 0 amide bonds. The molecular formula is C39H60O4. The number of carbonyl (C=O) groups is 1. The summed E-state index contributed by atoms with van der Waals surface area (Å²) in [4.78, 5) is 12.6. The Morgan fingerprint density at radius 3 is 1.51 bits per heavy atom.